The van der Waals surface area contributed by atoms with Crippen molar-refractivity contribution < 1.29 is 31.5 Å². The van der Waals surface area contributed by atoms with Crippen LogP contribution in [0.2, 0.25) is 0 Å². The summed E-state index contributed by atoms with van der Waals surface area (Å²) in [6, 6.07) is 11.8. The Hall–Kier alpha value is -3.05. The molecule has 11 heteroatoms. The van der Waals surface area contributed by atoms with Gasteiger partial charge < -0.3 is 15.4 Å². The quantitative estimate of drug-likeness (QED) is 0.571. The molecule has 0 radical (unpaired) electrons. The lowest BCUT2D eigenvalue weighted by Gasteiger charge is -2.20. The number of alkyl halides is 2. The normalized spacial score (nSPS) is 11.4. The van der Waals surface area contributed by atoms with Crippen LogP contribution in [0.15, 0.2) is 53.4 Å². The monoisotopic (exact) mass is 455 g/mol. The number of amides is 2. The Bertz CT molecular complexity index is 1030. The van der Waals surface area contributed by atoms with E-state index in [0.29, 0.717) is 18.0 Å². The molecule has 0 aliphatic rings. The van der Waals surface area contributed by atoms with E-state index in [1.165, 1.54) is 30.2 Å². The van der Waals surface area contributed by atoms with E-state index < -0.39 is 26.4 Å². The van der Waals surface area contributed by atoms with Crippen molar-refractivity contribution in [1.29, 1.82) is 0 Å². The Kier molecular flexibility index (Phi) is 8.46. The molecule has 0 unspecified atom stereocenters. The zero-order chi connectivity index (χ0) is 23.0. The molecular formula is C20H23F2N3O5S. The Morgan fingerprint density at radius 3 is 2.03 bits per heavy atom. The van der Waals surface area contributed by atoms with Crippen molar-refractivity contribution in [3.63, 3.8) is 0 Å². The Morgan fingerprint density at radius 1 is 0.968 bits per heavy atom. The molecule has 8 nitrogen and oxygen atoms in total. The number of methoxy groups -OCH3 is 1. The summed E-state index contributed by atoms with van der Waals surface area (Å²) in [7, 11) is -3.41. The number of rotatable bonds is 10. The minimum Gasteiger partial charge on any atom is -0.495 e. The van der Waals surface area contributed by atoms with E-state index in [1.54, 1.807) is 31.2 Å². The fraction of sp³-hybridized carbons (Fsp3) is 0.300. The molecular weight excluding hydrogens is 432 g/mol. The van der Waals surface area contributed by atoms with E-state index in [-0.39, 0.29) is 24.7 Å². The van der Waals surface area contributed by atoms with Crippen molar-refractivity contribution in [2.24, 2.45) is 0 Å². The molecule has 2 aromatic carbocycles. The van der Waals surface area contributed by atoms with Crippen LogP contribution in [-0.2, 0) is 19.4 Å². The van der Waals surface area contributed by atoms with Crippen LogP contribution in [0, 0.1) is 0 Å². The van der Waals surface area contributed by atoms with E-state index >= 15 is 0 Å². The van der Waals surface area contributed by atoms with Gasteiger partial charge in [-0.2, -0.15) is 8.78 Å². The Balaban J connectivity index is 2.04. The Morgan fingerprint density at radius 2 is 1.48 bits per heavy atom. The van der Waals surface area contributed by atoms with Crippen LogP contribution in [0.4, 0.5) is 20.2 Å². The first kappa shape index (κ1) is 24.2. The lowest BCUT2D eigenvalue weighted by atomic mass is 10.3. The molecule has 168 valence electrons. The minimum absolute atomic E-state index is 0.126. The van der Waals surface area contributed by atoms with Crippen molar-refractivity contribution in [3.8, 4) is 5.75 Å². The lowest BCUT2D eigenvalue weighted by molar-refractivity contribution is -0.119. The third-order valence-electron chi connectivity index (χ3n) is 4.26. The second-order valence-electron chi connectivity index (χ2n) is 6.40. The summed E-state index contributed by atoms with van der Waals surface area (Å²) in [6.45, 7) is 1.69. The van der Waals surface area contributed by atoms with Crippen LogP contribution >= 0.6 is 0 Å². The highest BCUT2D eigenvalue weighted by atomic mass is 32.2. The average Bonchev–Trinajstić information content (AvgIpc) is 2.73. The number of para-hydroxylation sites is 3. The van der Waals surface area contributed by atoms with Gasteiger partial charge in [-0.25, -0.2) is 8.42 Å². The SMILES string of the molecule is CCN(CC(=O)Nc1ccccc1OC)CC(=O)Nc1ccccc1S(=O)(=O)C(F)F. The summed E-state index contributed by atoms with van der Waals surface area (Å²) < 4.78 is 54.6. The number of nitrogens with one attached hydrogen (secondary N) is 2. The summed E-state index contributed by atoms with van der Waals surface area (Å²) in [6.07, 6.45) is 0. The first-order chi connectivity index (χ1) is 14.7. The number of hydrogen-bond acceptors (Lipinski definition) is 6. The van der Waals surface area contributed by atoms with Gasteiger partial charge in [0.15, 0.2) is 0 Å². The fourth-order valence-corrected chi connectivity index (χ4v) is 3.61. The lowest BCUT2D eigenvalue weighted by Crippen LogP contribution is -2.38. The molecule has 0 heterocycles. The van der Waals surface area contributed by atoms with Gasteiger partial charge in [0.25, 0.3) is 0 Å². The van der Waals surface area contributed by atoms with Crippen molar-refractivity contribution in [1.82, 2.24) is 4.90 Å². The van der Waals surface area contributed by atoms with Crippen LogP contribution in [0.5, 0.6) is 5.75 Å². The fourth-order valence-electron chi connectivity index (χ4n) is 2.73. The zero-order valence-corrected chi connectivity index (χ0v) is 17.8. The van der Waals surface area contributed by atoms with Crippen LogP contribution < -0.4 is 15.4 Å². The standard InChI is InChI=1S/C20H23F2N3O5S/c1-3-25(12-18(26)23-14-8-4-6-10-16(14)30-2)13-19(27)24-15-9-5-7-11-17(15)31(28,29)20(21)22/h4-11,20H,3,12-13H2,1-2H3,(H,23,26)(H,24,27). The summed E-state index contributed by atoms with van der Waals surface area (Å²) in [4.78, 5) is 25.6. The zero-order valence-electron chi connectivity index (χ0n) is 17.0. The molecule has 0 aliphatic heterocycles. The van der Waals surface area contributed by atoms with Gasteiger partial charge >= 0.3 is 5.76 Å². The van der Waals surface area contributed by atoms with E-state index in [0.717, 1.165) is 6.07 Å². The van der Waals surface area contributed by atoms with Crippen molar-refractivity contribution in [2.45, 2.75) is 17.6 Å². The molecule has 2 aromatic rings. The number of likely N-dealkylation sites (N-methyl/N-ethyl adjacent to an activating group) is 1. The Labute approximate surface area is 179 Å². The molecule has 0 bridgehead atoms. The molecule has 0 aliphatic carbocycles. The van der Waals surface area contributed by atoms with Gasteiger partial charge in [-0.15, -0.1) is 0 Å². The number of halogens is 2. The highest BCUT2D eigenvalue weighted by Crippen LogP contribution is 2.26. The first-order valence-electron chi connectivity index (χ1n) is 9.25. The second kappa shape index (κ2) is 10.8. The van der Waals surface area contributed by atoms with E-state index in [1.807, 2.05) is 0 Å². The second-order valence-corrected chi connectivity index (χ2v) is 8.29. The predicted octanol–water partition coefficient (Wildman–Crippen LogP) is 2.59. The number of sulfone groups is 1. The molecule has 0 fully saturated rings. The van der Waals surface area contributed by atoms with Crippen molar-refractivity contribution in [3.05, 3.63) is 48.5 Å². The molecule has 2 N–H and O–H groups in total. The molecule has 2 amide bonds. The topological polar surface area (TPSA) is 105 Å². The maximum absolute atomic E-state index is 12.9. The van der Waals surface area contributed by atoms with Crippen LogP contribution in [0.25, 0.3) is 0 Å². The van der Waals surface area contributed by atoms with Gasteiger partial charge in [-0.05, 0) is 30.8 Å². The maximum atomic E-state index is 12.9. The molecule has 0 atom stereocenters. The summed E-state index contributed by atoms with van der Waals surface area (Å²) in [5, 5.41) is 5.02. The van der Waals surface area contributed by atoms with E-state index in [4.69, 9.17) is 4.74 Å². The summed E-state index contributed by atoms with van der Waals surface area (Å²) in [5.41, 5.74) is 0.226. The molecule has 2 rings (SSSR count). The maximum Gasteiger partial charge on any atom is 0.341 e. The molecule has 0 saturated carbocycles. The third kappa shape index (κ3) is 6.46. The number of benzene rings is 2. The minimum atomic E-state index is -4.89. The van der Waals surface area contributed by atoms with Crippen molar-refractivity contribution in [2.75, 3.05) is 37.4 Å². The molecule has 31 heavy (non-hydrogen) atoms. The van der Waals surface area contributed by atoms with E-state index in [9.17, 15) is 26.8 Å². The van der Waals surface area contributed by atoms with Gasteiger partial charge in [0.1, 0.15) is 5.75 Å². The highest BCUT2D eigenvalue weighted by molar-refractivity contribution is 7.91. The van der Waals surface area contributed by atoms with E-state index in [2.05, 4.69) is 10.6 Å². The summed E-state index contributed by atoms with van der Waals surface area (Å²) >= 11 is 0. The van der Waals surface area contributed by atoms with Gasteiger partial charge in [-0.1, -0.05) is 31.2 Å². The predicted molar refractivity (Wildman–Crippen MR) is 112 cm³/mol. The van der Waals surface area contributed by atoms with Gasteiger partial charge in [0.2, 0.25) is 21.7 Å². The highest BCUT2D eigenvalue weighted by Gasteiger charge is 2.29. The van der Waals surface area contributed by atoms with Gasteiger partial charge in [0.05, 0.1) is 36.5 Å². The van der Waals surface area contributed by atoms with Crippen LogP contribution in [-0.4, -0.2) is 57.6 Å². The molecule has 0 aromatic heterocycles. The smallest absolute Gasteiger partial charge is 0.341 e. The number of hydrogen-bond donors (Lipinski definition) is 2. The number of carbonyl (C=O) groups excluding carboxylic acids is 2. The average molecular weight is 455 g/mol. The molecule has 0 spiro atoms. The first-order valence-corrected chi connectivity index (χ1v) is 10.8. The largest absolute Gasteiger partial charge is 0.495 e. The van der Waals surface area contributed by atoms with Gasteiger partial charge in [0, 0.05) is 0 Å². The van der Waals surface area contributed by atoms with Gasteiger partial charge in [-0.3, -0.25) is 14.5 Å². The number of ether oxygens (including phenoxy) is 1. The van der Waals surface area contributed by atoms with Crippen LogP contribution in [0.1, 0.15) is 6.92 Å². The number of carbonyl (C=O) groups is 2. The van der Waals surface area contributed by atoms with Crippen LogP contribution in [0.3, 0.4) is 0 Å². The van der Waals surface area contributed by atoms with Crippen molar-refractivity contribution >= 4 is 33.0 Å². The number of anilines is 2. The third-order valence-corrected chi connectivity index (χ3v) is 5.70. The number of nitrogens with zero attached hydrogens (tertiary/aromatic N) is 1. The summed E-state index contributed by atoms with van der Waals surface area (Å²) in [5.74, 6) is -4.17. The molecule has 0 saturated heterocycles.